The maximum Gasteiger partial charge on any atom is 0.325 e. The molecule has 3 heterocycles. The first-order valence-corrected chi connectivity index (χ1v) is 11.3. The van der Waals surface area contributed by atoms with Gasteiger partial charge in [-0.1, -0.05) is 24.3 Å². The first-order valence-electron chi connectivity index (χ1n) is 10.4. The van der Waals surface area contributed by atoms with E-state index in [0.29, 0.717) is 35.2 Å². The lowest BCUT2D eigenvalue weighted by atomic mass is 9.91. The van der Waals surface area contributed by atoms with Gasteiger partial charge in [0, 0.05) is 11.1 Å². The van der Waals surface area contributed by atoms with Crippen LogP contribution in [0.25, 0.3) is 10.1 Å². The Balaban J connectivity index is 1.41. The molecule has 2 aliphatic rings. The fourth-order valence-corrected chi connectivity index (χ4v) is 5.31. The average molecular weight is 451 g/mol. The van der Waals surface area contributed by atoms with Crippen LogP contribution in [0.2, 0.25) is 0 Å². The van der Waals surface area contributed by atoms with Gasteiger partial charge in [-0.05, 0) is 48.6 Å². The smallest absolute Gasteiger partial charge is 0.325 e. The molecule has 0 unspecified atom stereocenters. The van der Waals surface area contributed by atoms with Crippen molar-refractivity contribution in [3.8, 4) is 11.5 Å². The minimum Gasteiger partial charge on any atom is -0.490 e. The van der Waals surface area contributed by atoms with Crippen LogP contribution in [-0.4, -0.2) is 42.4 Å². The number of aryl methyl sites for hydroxylation is 1. The Hall–Kier alpha value is -3.39. The number of ether oxygens (including phenoxy) is 2. The minimum atomic E-state index is -1.29. The number of hydrogen-bond donors (Lipinski definition) is 1. The van der Waals surface area contributed by atoms with Gasteiger partial charge in [0.25, 0.3) is 5.91 Å². The number of carbonyl (C=O) groups is 3. The molecular weight excluding hydrogens is 428 g/mol. The van der Waals surface area contributed by atoms with Gasteiger partial charge in [0.2, 0.25) is 0 Å². The van der Waals surface area contributed by atoms with Crippen LogP contribution in [0.3, 0.4) is 0 Å². The second-order valence-corrected chi connectivity index (χ2v) is 9.19. The Morgan fingerprint density at radius 2 is 1.88 bits per heavy atom. The number of nitrogens with zero attached hydrogens (tertiary/aromatic N) is 1. The highest BCUT2D eigenvalue weighted by molar-refractivity contribution is 7.21. The van der Waals surface area contributed by atoms with Crippen LogP contribution in [0, 0.1) is 6.92 Å². The zero-order valence-electron chi connectivity index (χ0n) is 17.8. The summed E-state index contributed by atoms with van der Waals surface area (Å²) in [5.41, 5.74) is 0.151. The molecule has 3 aromatic rings. The van der Waals surface area contributed by atoms with Crippen LogP contribution in [-0.2, 0) is 10.3 Å². The molecule has 1 atom stereocenters. The molecule has 0 radical (unpaired) electrons. The van der Waals surface area contributed by atoms with Gasteiger partial charge in [-0.15, -0.1) is 11.3 Å². The van der Waals surface area contributed by atoms with E-state index >= 15 is 0 Å². The third-order valence-electron chi connectivity index (χ3n) is 6.00. The number of Topliss-reactive ketones (excluding diaryl/α,β-unsaturated/α-hetero) is 1. The molecule has 1 fully saturated rings. The molecule has 2 aromatic carbocycles. The molecule has 5 rings (SSSR count). The Labute approximate surface area is 188 Å². The summed E-state index contributed by atoms with van der Waals surface area (Å²) in [5, 5.41) is 3.77. The van der Waals surface area contributed by atoms with Crippen molar-refractivity contribution < 1.29 is 23.9 Å². The first-order chi connectivity index (χ1) is 15.4. The number of benzene rings is 2. The van der Waals surface area contributed by atoms with Crippen molar-refractivity contribution in [1.29, 1.82) is 0 Å². The van der Waals surface area contributed by atoms with Crippen molar-refractivity contribution in [3.05, 3.63) is 58.5 Å². The maximum absolute atomic E-state index is 13.3. The molecule has 8 heteroatoms. The predicted molar refractivity (Wildman–Crippen MR) is 121 cm³/mol. The monoisotopic (exact) mass is 450 g/mol. The highest BCUT2D eigenvalue weighted by Crippen LogP contribution is 2.37. The SMILES string of the molecule is Cc1c(C(=O)CN2C(=O)N[C@](C)(c3ccc4c(c3)OCCCO4)C2=O)sc2ccccc12. The number of imide groups is 1. The van der Waals surface area contributed by atoms with E-state index in [0.717, 1.165) is 27.0 Å². The minimum absolute atomic E-state index is 0.255. The second kappa shape index (κ2) is 7.63. The maximum atomic E-state index is 13.3. The van der Waals surface area contributed by atoms with Crippen LogP contribution in [0.1, 0.15) is 34.1 Å². The molecule has 0 aliphatic carbocycles. The highest BCUT2D eigenvalue weighted by atomic mass is 32.1. The van der Waals surface area contributed by atoms with E-state index in [2.05, 4.69) is 5.32 Å². The number of fused-ring (bicyclic) bond motifs is 2. The van der Waals surface area contributed by atoms with Crippen LogP contribution in [0.5, 0.6) is 11.5 Å². The van der Waals surface area contributed by atoms with Crippen molar-refractivity contribution in [2.24, 2.45) is 0 Å². The van der Waals surface area contributed by atoms with Crippen molar-refractivity contribution in [2.75, 3.05) is 19.8 Å². The van der Waals surface area contributed by atoms with E-state index in [-0.39, 0.29) is 12.3 Å². The number of ketones is 1. The Morgan fingerprint density at radius 1 is 1.12 bits per heavy atom. The summed E-state index contributed by atoms with van der Waals surface area (Å²) < 4.78 is 12.4. The zero-order valence-corrected chi connectivity index (χ0v) is 18.6. The van der Waals surface area contributed by atoms with Crippen molar-refractivity contribution in [1.82, 2.24) is 10.2 Å². The molecule has 1 N–H and O–H groups in total. The van der Waals surface area contributed by atoms with Crippen molar-refractivity contribution in [3.63, 3.8) is 0 Å². The van der Waals surface area contributed by atoms with Gasteiger partial charge in [-0.3, -0.25) is 14.5 Å². The number of urea groups is 1. The summed E-state index contributed by atoms with van der Waals surface area (Å²) in [6.07, 6.45) is 0.768. The van der Waals surface area contributed by atoms with Crippen molar-refractivity contribution >= 4 is 39.1 Å². The number of carbonyl (C=O) groups excluding carboxylic acids is 3. The number of hydrogen-bond acceptors (Lipinski definition) is 6. The summed E-state index contributed by atoms with van der Waals surface area (Å²) in [5.74, 6) is 0.428. The van der Waals surface area contributed by atoms with Gasteiger partial charge < -0.3 is 14.8 Å². The topological polar surface area (TPSA) is 84.9 Å². The summed E-state index contributed by atoms with van der Waals surface area (Å²) in [6.45, 7) is 4.30. The lowest BCUT2D eigenvalue weighted by Crippen LogP contribution is -2.41. The van der Waals surface area contributed by atoms with E-state index in [1.807, 2.05) is 31.2 Å². The van der Waals surface area contributed by atoms with E-state index < -0.39 is 17.5 Å². The molecule has 2 aliphatic heterocycles. The largest absolute Gasteiger partial charge is 0.490 e. The number of amides is 3. The standard InChI is InChI=1S/C24H22N2O5S/c1-14-16-6-3-4-7-20(16)32-21(14)17(27)13-26-22(28)24(2,25-23(26)29)15-8-9-18-19(12-15)31-11-5-10-30-18/h3-4,6-9,12H,5,10-11,13H2,1-2H3,(H,25,29)/t24-/m1/s1. The average Bonchev–Trinajstić information content (AvgIpc) is 3.10. The van der Waals surface area contributed by atoms with Crippen LogP contribution in [0.4, 0.5) is 4.79 Å². The highest BCUT2D eigenvalue weighted by Gasteiger charge is 2.50. The quantitative estimate of drug-likeness (QED) is 0.479. The molecule has 0 saturated carbocycles. The third kappa shape index (κ3) is 3.22. The molecular formula is C24H22N2O5S. The summed E-state index contributed by atoms with van der Waals surface area (Å²) in [7, 11) is 0. The number of thiophene rings is 1. The Morgan fingerprint density at radius 3 is 2.66 bits per heavy atom. The fourth-order valence-electron chi connectivity index (χ4n) is 4.17. The Bertz CT molecular complexity index is 1270. The molecule has 1 saturated heterocycles. The lowest BCUT2D eigenvalue weighted by Gasteiger charge is -2.23. The van der Waals surface area contributed by atoms with Gasteiger partial charge in [0.05, 0.1) is 24.6 Å². The normalized spacial score (nSPS) is 20.4. The van der Waals surface area contributed by atoms with Gasteiger partial charge in [-0.25, -0.2) is 4.79 Å². The van der Waals surface area contributed by atoms with Crippen molar-refractivity contribution in [2.45, 2.75) is 25.8 Å². The van der Waals surface area contributed by atoms with Gasteiger partial charge in [-0.2, -0.15) is 0 Å². The van der Waals surface area contributed by atoms with Gasteiger partial charge in [0.1, 0.15) is 5.54 Å². The van der Waals surface area contributed by atoms with Crippen LogP contribution < -0.4 is 14.8 Å². The van der Waals surface area contributed by atoms with E-state index in [4.69, 9.17) is 9.47 Å². The van der Waals surface area contributed by atoms with Gasteiger partial charge in [0.15, 0.2) is 17.3 Å². The number of rotatable bonds is 4. The lowest BCUT2D eigenvalue weighted by molar-refractivity contribution is -0.130. The summed E-state index contributed by atoms with van der Waals surface area (Å²) in [4.78, 5) is 40.7. The van der Waals surface area contributed by atoms with Crippen LogP contribution in [0.15, 0.2) is 42.5 Å². The van der Waals surface area contributed by atoms with Gasteiger partial charge >= 0.3 is 6.03 Å². The third-order valence-corrected chi connectivity index (χ3v) is 7.31. The summed E-state index contributed by atoms with van der Waals surface area (Å²) in [6, 6.07) is 12.4. The van der Waals surface area contributed by atoms with E-state index in [1.165, 1.54) is 11.3 Å². The second-order valence-electron chi connectivity index (χ2n) is 8.13. The van der Waals surface area contributed by atoms with E-state index in [9.17, 15) is 14.4 Å². The molecule has 0 spiro atoms. The molecule has 32 heavy (non-hydrogen) atoms. The molecule has 3 amide bonds. The molecule has 164 valence electrons. The molecule has 1 aromatic heterocycles. The van der Waals surface area contributed by atoms with Crippen LogP contribution >= 0.6 is 11.3 Å². The predicted octanol–water partition coefficient (Wildman–Crippen LogP) is 4.02. The molecule has 7 nitrogen and oxygen atoms in total. The number of nitrogens with one attached hydrogen (secondary N) is 1. The Kier molecular flexibility index (Phi) is 4.89. The molecule has 0 bridgehead atoms. The first kappa shape index (κ1) is 20.5. The fraction of sp³-hybridized carbons (Fsp3) is 0.292. The van der Waals surface area contributed by atoms with E-state index in [1.54, 1.807) is 25.1 Å². The summed E-state index contributed by atoms with van der Waals surface area (Å²) >= 11 is 1.38. The zero-order chi connectivity index (χ0) is 22.5.